The van der Waals surface area contributed by atoms with Crippen LogP contribution in [0.2, 0.25) is 5.02 Å². The van der Waals surface area contributed by atoms with E-state index in [-0.39, 0.29) is 87.4 Å². The van der Waals surface area contributed by atoms with E-state index >= 15 is 0 Å². The summed E-state index contributed by atoms with van der Waals surface area (Å²) in [6, 6.07) is 12.5. The highest BCUT2D eigenvalue weighted by molar-refractivity contribution is 7.70. The summed E-state index contributed by atoms with van der Waals surface area (Å²) in [5.41, 5.74) is 4.54. The van der Waals surface area contributed by atoms with Gasteiger partial charge in [-0.2, -0.15) is 0 Å². The number of halogens is 1. The second-order valence-electron chi connectivity index (χ2n) is 24.0. The van der Waals surface area contributed by atoms with Crippen LogP contribution in [0.25, 0.3) is 10.6 Å². The molecular formula is C60H79ClN11O14PS. The largest absolute Gasteiger partial charge is 0.490 e. The lowest BCUT2D eigenvalue weighted by molar-refractivity contribution is -0.147. The first-order chi connectivity index (χ1) is 41.0. The molecule has 25 nitrogen and oxygen atoms in total. The number of carbonyl (C=O) groups excluding carboxylic acids is 9. The number of benzene rings is 3. The minimum absolute atomic E-state index is 0. The maximum Gasteiger partial charge on any atom is 0.394 e. The molecule has 0 aliphatic carbocycles. The normalized spacial score (nSPS) is 21.9. The van der Waals surface area contributed by atoms with Crippen LogP contribution in [-0.4, -0.2) is 161 Å². The van der Waals surface area contributed by atoms with Gasteiger partial charge in [0.15, 0.2) is 5.54 Å². The van der Waals surface area contributed by atoms with Crippen molar-refractivity contribution in [3.05, 3.63) is 99.5 Å². The summed E-state index contributed by atoms with van der Waals surface area (Å²) in [5, 5.41) is 27.9. The molecule has 4 aliphatic heterocycles. The van der Waals surface area contributed by atoms with E-state index in [2.05, 4.69) is 31.6 Å². The van der Waals surface area contributed by atoms with E-state index in [9.17, 15) is 62.6 Å². The minimum atomic E-state index is -5.56. The Morgan fingerprint density at radius 2 is 1.64 bits per heavy atom. The number of aliphatic hydroxyl groups excluding tert-OH is 1. The zero-order valence-electron chi connectivity index (χ0n) is 50.1. The maximum atomic E-state index is 14.8. The highest BCUT2D eigenvalue weighted by atomic mass is 35.5. The molecule has 28 heteroatoms. The Morgan fingerprint density at radius 1 is 0.932 bits per heavy atom. The van der Waals surface area contributed by atoms with Gasteiger partial charge in [-0.15, -0.1) is 11.3 Å². The first kappa shape index (κ1) is 68.2. The third kappa shape index (κ3) is 15.9. The van der Waals surface area contributed by atoms with Crippen LogP contribution in [0.3, 0.4) is 0 Å². The Balaban J connectivity index is 0.0000110. The number of likely N-dealkylation sites (tertiary alicyclic amines) is 1. The summed E-state index contributed by atoms with van der Waals surface area (Å²) in [6.07, 6.45) is -0.189. The van der Waals surface area contributed by atoms with E-state index in [1.54, 1.807) is 68.5 Å². The van der Waals surface area contributed by atoms with Gasteiger partial charge in [-0.25, -0.2) is 4.98 Å². The summed E-state index contributed by atoms with van der Waals surface area (Å²) in [5.74, 6) is -4.83. The number of amides is 8. The number of nitrogens with two attached hydrogens (primary N) is 1. The molecule has 9 atom stereocenters. The van der Waals surface area contributed by atoms with Gasteiger partial charge in [-0.1, -0.05) is 87.0 Å². The molecule has 1 aromatic heterocycles. The molecule has 8 amide bonds. The van der Waals surface area contributed by atoms with Crippen LogP contribution < -0.4 is 43.2 Å². The molecule has 5 heterocycles. The molecule has 3 saturated heterocycles. The van der Waals surface area contributed by atoms with Crippen LogP contribution in [-0.2, 0) is 60.6 Å². The molecule has 4 aliphatic rings. The molecule has 8 rings (SSSR count). The van der Waals surface area contributed by atoms with Crippen molar-refractivity contribution in [1.82, 2.24) is 47.1 Å². The molecule has 3 aromatic carbocycles. The summed E-state index contributed by atoms with van der Waals surface area (Å²) in [6.45, 7) is 9.89. The summed E-state index contributed by atoms with van der Waals surface area (Å²) in [7, 11) is -5.56. The van der Waals surface area contributed by atoms with Crippen LogP contribution in [0.5, 0.6) is 5.75 Å². The number of aromatic nitrogens is 1. The van der Waals surface area contributed by atoms with Gasteiger partial charge in [0.25, 0.3) is 11.4 Å². The van der Waals surface area contributed by atoms with Crippen LogP contribution >= 0.6 is 30.5 Å². The third-order valence-electron chi connectivity index (χ3n) is 16.4. The smallest absolute Gasteiger partial charge is 0.394 e. The number of rotatable bonds is 22. The third-order valence-corrected chi connectivity index (χ3v) is 18.8. The van der Waals surface area contributed by atoms with Gasteiger partial charge >= 0.3 is 7.60 Å². The van der Waals surface area contributed by atoms with E-state index in [0.29, 0.717) is 30.4 Å². The summed E-state index contributed by atoms with van der Waals surface area (Å²) < 4.78 is 18.7. The van der Waals surface area contributed by atoms with E-state index in [1.165, 1.54) is 27.7 Å². The second-order valence-corrected chi connectivity index (χ2v) is 26.7. The maximum absolute atomic E-state index is 14.8. The SMILES string of the molecule is CC(=O)N1CC[C@H]2CC[C@@H](C(=O)N[C@@H](CCC(N)=O)COc3cccc(CCCC(=O)N[C@H](C(=O)N4C[C@H](O)C[C@H]4C(=O)N[C@@H](C)c4ccc(-c5nc(C)cs5)cc4)C(C)(C)C)c3Cl)N2C(=O)[C@@H](NC(=O)C2(C(=O)P(=O)(O)O)Cc3ccccc3N2)C1.N. The van der Waals surface area contributed by atoms with Crippen molar-refractivity contribution >= 4 is 89.0 Å². The van der Waals surface area contributed by atoms with E-state index in [0.717, 1.165) is 21.8 Å². The average molecular weight is 1280 g/mol. The zero-order valence-corrected chi connectivity index (χ0v) is 52.6. The molecule has 13 N–H and O–H groups in total. The number of hydrogen-bond donors (Lipinski definition) is 10. The van der Waals surface area contributed by atoms with Crippen LogP contribution in [0.4, 0.5) is 5.69 Å². The van der Waals surface area contributed by atoms with E-state index < -0.39 is 126 Å². The first-order valence-corrected chi connectivity index (χ1v) is 31.9. The number of fused-ring (bicyclic) bond motifs is 2. The number of nitrogens with zero attached hydrogens (tertiary/aromatic N) is 4. The topological polar surface area (TPSA) is 384 Å². The van der Waals surface area contributed by atoms with Gasteiger partial charge in [0.2, 0.25) is 41.4 Å². The fourth-order valence-corrected chi connectivity index (χ4v) is 13.5. The van der Waals surface area contributed by atoms with Crippen molar-refractivity contribution < 1.29 is 67.3 Å². The Labute approximate surface area is 519 Å². The molecule has 88 heavy (non-hydrogen) atoms. The van der Waals surface area contributed by atoms with Crippen molar-refractivity contribution in [3.8, 4) is 16.3 Å². The predicted molar refractivity (Wildman–Crippen MR) is 328 cm³/mol. The zero-order chi connectivity index (χ0) is 63.3. The molecule has 0 radical (unpaired) electrons. The Kier molecular flexibility index (Phi) is 22.0. The van der Waals surface area contributed by atoms with Crippen LogP contribution in [0.15, 0.2) is 72.1 Å². The molecule has 1 unspecified atom stereocenters. The Bertz CT molecular complexity index is 3310. The average Bonchev–Trinajstić information content (AvgIpc) is 1.78. The van der Waals surface area contributed by atoms with Crippen LogP contribution in [0.1, 0.15) is 114 Å². The van der Waals surface area contributed by atoms with Crippen molar-refractivity contribution in [2.24, 2.45) is 11.1 Å². The van der Waals surface area contributed by atoms with E-state index in [4.69, 9.17) is 22.1 Å². The predicted octanol–water partition coefficient (Wildman–Crippen LogP) is 3.96. The fourth-order valence-electron chi connectivity index (χ4n) is 11.7. The molecule has 0 bridgehead atoms. The fraction of sp³-hybridized carbons (Fsp3) is 0.500. The van der Waals surface area contributed by atoms with Gasteiger partial charge in [-0.3, -0.25) is 47.7 Å². The molecular weight excluding hydrogens is 1200 g/mol. The molecule has 476 valence electrons. The summed E-state index contributed by atoms with van der Waals surface area (Å²) >= 11 is 8.45. The lowest BCUT2D eigenvalue weighted by Crippen LogP contribution is -2.65. The van der Waals surface area contributed by atoms with Crippen molar-refractivity contribution in [3.63, 3.8) is 0 Å². The number of ether oxygens (including phenoxy) is 1. The number of para-hydroxylation sites is 1. The Morgan fingerprint density at radius 3 is 2.28 bits per heavy atom. The number of primary amides is 1. The van der Waals surface area contributed by atoms with E-state index in [1.807, 2.05) is 43.5 Å². The number of nitrogens with one attached hydrogen (secondary N) is 5. The molecule has 0 spiro atoms. The lowest BCUT2D eigenvalue weighted by Gasteiger charge is -2.39. The number of aryl methyl sites for hydroxylation is 2. The van der Waals surface area contributed by atoms with Crippen molar-refractivity contribution in [2.75, 3.05) is 31.6 Å². The number of carbonyl (C=O) groups is 9. The Hall–Kier alpha value is -7.32. The monoisotopic (exact) mass is 1280 g/mol. The number of hydrogen-bond acceptors (Lipinski definition) is 16. The van der Waals surface area contributed by atoms with Crippen molar-refractivity contribution in [2.45, 2.75) is 160 Å². The number of aliphatic hydroxyl groups is 1. The van der Waals surface area contributed by atoms with Gasteiger partial charge in [0.05, 0.1) is 23.2 Å². The number of β-amino-alcohol motifs (C(OH)–C–C–N with tert-alkyl or cyclic N) is 1. The second kappa shape index (κ2) is 28.4. The standard InChI is InChI=1S/C60H76ClN10O14PS.H3N/c1-33-32-87-54(63-33)38-19-17-36(18-20-38)34(2)64-53(77)46-27-42(73)29-70(46)56(79)51(59(4,5)6)67-49(75)16-10-13-37-12-9-15-47(50(37)61)85-31-40(21-24-48(62)74)65-52(76)45-23-22-41-25-26-69(35(3)72)30-44(55(78)71(41)45)66-57(80)60(58(81)86(82,83)84)28-39-11-7-8-14-43(39)68-60;/h7-9,11-12,14-15,17-20,32,34,40-42,44-46,51,68,73H,10,13,16,21-31H2,1-6H3,(H2,62,74)(H,64,77)(H,65,76)(H,66,80)(H,67,75)(H2,82,83,84);1H3/t34-,40-,41+,42+,44-,45-,46-,51+,60?;/m0./s1. The lowest BCUT2D eigenvalue weighted by atomic mass is 9.85. The highest BCUT2D eigenvalue weighted by Crippen LogP contribution is 2.46. The summed E-state index contributed by atoms with van der Waals surface area (Å²) in [4.78, 5) is 153. The van der Waals surface area contributed by atoms with Gasteiger partial charge < -0.3 is 72.8 Å². The quantitative estimate of drug-likeness (QED) is 0.0393. The molecule has 3 fully saturated rings. The minimum Gasteiger partial charge on any atom is -0.490 e. The van der Waals surface area contributed by atoms with Crippen LogP contribution in [0, 0.1) is 12.3 Å². The van der Waals surface area contributed by atoms with Gasteiger partial charge in [0.1, 0.15) is 41.5 Å². The number of thiazole rings is 1. The molecule has 4 aromatic rings. The van der Waals surface area contributed by atoms with Gasteiger partial charge in [0, 0.05) is 80.6 Å². The van der Waals surface area contributed by atoms with Crippen molar-refractivity contribution in [1.29, 1.82) is 0 Å². The number of anilines is 1. The molecule has 0 saturated carbocycles. The first-order valence-electron chi connectivity index (χ1n) is 29.0. The highest BCUT2D eigenvalue weighted by Gasteiger charge is 2.57. The van der Waals surface area contributed by atoms with Gasteiger partial charge in [-0.05, 0) is 86.6 Å².